The zero-order valence-electron chi connectivity index (χ0n) is 9.69. The van der Waals surface area contributed by atoms with E-state index < -0.39 is 0 Å². The van der Waals surface area contributed by atoms with Crippen LogP contribution in [0.4, 0.5) is 4.39 Å². The van der Waals surface area contributed by atoms with Crippen molar-refractivity contribution in [2.24, 2.45) is 0 Å². The van der Waals surface area contributed by atoms with Crippen LogP contribution in [0.25, 0.3) is 0 Å². The fraction of sp³-hybridized carbons (Fsp3) is 0.538. The lowest BCUT2D eigenvalue weighted by atomic mass is 10.2. The van der Waals surface area contributed by atoms with Crippen molar-refractivity contribution in [2.45, 2.75) is 18.9 Å². The second kappa shape index (κ2) is 4.53. The van der Waals surface area contributed by atoms with Crippen molar-refractivity contribution in [1.29, 1.82) is 0 Å². The van der Waals surface area contributed by atoms with Gasteiger partial charge in [-0.3, -0.25) is 4.90 Å². The molecule has 0 aromatic heterocycles. The minimum Gasteiger partial charge on any atom is -0.486 e. The number of ether oxygens (including phenoxy) is 2. The quantitative estimate of drug-likeness (QED) is 0.786. The molecule has 1 atom stereocenters. The van der Waals surface area contributed by atoms with E-state index in [-0.39, 0.29) is 11.9 Å². The second-order valence-electron chi connectivity index (χ2n) is 4.65. The van der Waals surface area contributed by atoms with Gasteiger partial charge in [-0.1, -0.05) is 0 Å². The summed E-state index contributed by atoms with van der Waals surface area (Å²) in [7, 11) is 0. The van der Waals surface area contributed by atoms with Gasteiger partial charge in [0.15, 0.2) is 11.5 Å². The summed E-state index contributed by atoms with van der Waals surface area (Å²) >= 11 is 0. The minimum absolute atomic E-state index is 0.0161. The summed E-state index contributed by atoms with van der Waals surface area (Å²) in [4.78, 5) is 2.37. The molecule has 17 heavy (non-hydrogen) atoms. The predicted octanol–water partition coefficient (Wildman–Crippen LogP) is 2.06. The summed E-state index contributed by atoms with van der Waals surface area (Å²) < 4.78 is 24.4. The summed E-state index contributed by atoms with van der Waals surface area (Å²) in [5, 5.41) is 0. The normalized spacial score (nSPS) is 23.9. The molecule has 92 valence electrons. The van der Waals surface area contributed by atoms with Crippen molar-refractivity contribution >= 4 is 0 Å². The van der Waals surface area contributed by atoms with Crippen molar-refractivity contribution in [3.05, 3.63) is 24.0 Å². The van der Waals surface area contributed by atoms with Gasteiger partial charge >= 0.3 is 0 Å². The molecule has 0 saturated carbocycles. The summed E-state index contributed by atoms with van der Waals surface area (Å²) in [6, 6.07) is 4.41. The topological polar surface area (TPSA) is 21.7 Å². The number of rotatable bonds is 2. The van der Waals surface area contributed by atoms with Crippen molar-refractivity contribution in [1.82, 2.24) is 4.90 Å². The smallest absolute Gasteiger partial charge is 0.164 e. The van der Waals surface area contributed by atoms with E-state index in [0.717, 1.165) is 19.6 Å². The molecule has 4 heteroatoms. The zero-order valence-corrected chi connectivity index (χ0v) is 9.69. The van der Waals surface area contributed by atoms with E-state index in [1.807, 2.05) is 0 Å². The number of fused-ring (bicyclic) bond motifs is 1. The largest absolute Gasteiger partial charge is 0.486 e. The highest BCUT2D eigenvalue weighted by Crippen LogP contribution is 2.32. The highest BCUT2D eigenvalue weighted by Gasteiger charge is 2.24. The van der Waals surface area contributed by atoms with Gasteiger partial charge in [-0.15, -0.1) is 0 Å². The van der Waals surface area contributed by atoms with Gasteiger partial charge in [-0.25, -0.2) is 4.39 Å². The summed E-state index contributed by atoms with van der Waals surface area (Å²) in [6.07, 6.45) is 2.54. The first-order valence-corrected chi connectivity index (χ1v) is 6.12. The highest BCUT2D eigenvalue weighted by atomic mass is 19.1. The Labute approximate surface area is 100 Å². The SMILES string of the molecule is Fc1ccc2c(c1)O[C@@H](CN1CCCC1)CO2. The molecule has 3 nitrogen and oxygen atoms in total. The molecule has 0 bridgehead atoms. The molecule has 0 unspecified atom stereocenters. The van der Waals surface area contributed by atoms with Gasteiger partial charge in [0.25, 0.3) is 0 Å². The number of hydrogen-bond donors (Lipinski definition) is 0. The van der Waals surface area contributed by atoms with Gasteiger partial charge in [-0.2, -0.15) is 0 Å². The number of likely N-dealkylation sites (tertiary alicyclic amines) is 1. The monoisotopic (exact) mass is 237 g/mol. The van der Waals surface area contributed by atoms with Gasteiger partial charge in [0, 0.05) is 12.6 Å². The first kappa shape index (κ1) is 10.8. The molecule has 0 amide bonds. The standard InChI is InChI=1S/C13H16FNO2/c14-10-3-4-12-13(7-10)17-11(9-16-12)8-15-5-1-2-6-15/h3-4,7,11H,1-2,5-6,8-9H2/t11-/m0/s1. The van der Waals surface area contributed by atoms with Crippen LogP contribution in [0.1, 0.15) is 12.8 Å². The fourth-order valence-corrected chi connectivity index (χ4v) is 2.43. The van der Waals surface area contributed by atoms with Crippen LogP contribution in [-0.2, 0) is 0 Å². The van der Waals surface area contributed by atoms with Gasteiger partial charge in [-0.05, 0) is 38.1 Å². The Morgan fingerprint density at radius 2 is 2.06 bits per heavy atom. The molecule has 2 aliphatic rings. The van der Waals surface area contributed by atoms with Gasteiger partial charge < -0.3 is 9.47 Å². The maximum atomic E-state index is 13.1. The Hall–Kier alpha value is -1.29. The van der Waals surface area contributed by atoms with Crippen molar-refractivity contribution < 1.29 is 13.9 Å². The molecular formula is C13H16FNO2. The Morgan fingerprint density at radius 3 is 2.88 bits per heavy atom. The third-order valence-electron chi connectivity index (χ3n) is 3.28. The fourth-order valence-electron chi connectivity index (χ4n) is 2.43. The van der Waals surface area contributed by atoms with E-state index in [4.69, 9.17) is 9.47 Å². The maximum absolute atomic E-state index is 13.1. The lowest BCUT2D eigenvalue weighted by molar-refractivity contribution is 0.0646. The van der Waals surface area contributed by atoms with E-state index in [1.165, 1.54) is 25.0 Å². The van der Waals surface area contributed by atoms with Crippen molar-refractivity contribution in [3.8, 4) is 11.5 Å². The number of benzene rings is 1. The Kier molecular flexibility index (Phi) is 2.89. The van der Waals surface area contributed by atoms with Crippen molar-refractivity contribution in [2.75, 3.05) is 26.2 Å². The van der Waals surface area contributed by atoms with E-state index in [1.54, 1.807) is 6.07 Å². The van der Waals surface area contributed by atoms with Gasteiger partial charge in [0.1, 0.15) is 18.5 Å². The number of nitrogens with zero attached hydrogens (tertiary/aromatic N) is 1. The lowest BCUT2D eigenvalue weighted by Gasteiger charge is -2.29. The third kappa shape index (κ3) is 2.36. The molecule has 1 aromatic rings. The predicted molar refractivity (Wildman–Crippen MR) is 62.0 cm³/mol. The molecule has 2 heterocycles. The first-order chi connectivity index (χ1) is 8.31. The molecule has 0 N–H and O–H groups in total. The van der Waals surface area contributed by atoms with Crippen LogP contribution < -0.4 is 9.47 Å². The molecule has 2 aliphatic heterocycles. The van der Waals surface area contributed by atoms with Crippen LogP contribution >= 0.6 is 0 Å². The molecule has 1 fully saturated rings. The van der Waals surface area contributed by atoms with Gasteiger partial charge in [0.05, 0.1) is 0 Å². The summed E-state index contributed by atoms with van der Waals surface area (Å²) in [6.45, 7) is 3.69. The Morgan fingerprint density at radius 1 is 1.24 bits per heavy atom. The molecule has 0 aliphatic carbocycles. The van der Waals surface area contributed by atoms with E-state index in [2.05, 4.69) is 4.90 Å². The maximum Gasteiger partial charge on any atom is 0.164 e. The van der Waals surface area contributed by atoms with Crippen molar-refractivity contribution in [3.63, 3.8) is 0 Å². The van der Waals surface area contributed by atoms with Crippen LogP contribution in [-0.4, -0.2) is 37.2 Å². The highest BCUT2D eigenvalue weighted by molar-refractivity contribution is 5.41. The molecule has 1 aromatic carbocycles. The average Bonchev–Trinajstić information content (AvgIpc) is 2.81. The minimum atomic E-state index is -0.283. The van der Waals surface area contributed by atoms with Crippen LogP contribution in [0, 0.1) is 5.82 Å². The van der Waals surface area contributed by atoms with E-state index in [9.17, 15) is 4.39 Å². The zero-order chi connectivity index (χ0) is 11.7. The lowest BCUT2D eigenvalue weighted by Crippen LogP contribution is -2.39. The molecular weight excluding hydrogens is 221 g/mol. The Balaban J connectivity index is 1.67. The van der Waals surface area contributed by atoms with E-state index in [0.29, 0.717) is 18.1 Å². The van der Waals surface area contributed by atoms with Crippen LogP contribution in [0.3, 0.4) is 0 Å². The van der Waals surface area contributed by atoms with E-state index >= 15 is 0 Å². The third-order valence-corrected chi connectivity index (χ3v) is 3.28. The van der Waals surface area contributed by atoms with Crippen LogP contribution in [0.5, 0.6) is 11.5 Å². The second-order valence-corrected chi connectivity index (χ2v) is 4.65. The molecule has 1 saturated heterocycles. The first-order valence-electron chi connectivity index (χ1n) is 6.12. The van der Waals surface area contributed by atoms with Crippen LogP contribution in [0.2, 0.25) is 0 Å². The average molecular weight is 237 g/mol. The van der Waals surface area contributed by atoms with Crippen LogP contribution in [0.15, 0.2) is 18.2 Å². The number of halogens is 1. The Bertz CT molecular complexity index is 404. The summed E-state index contributed by atoms with van der Waals surface area (Å²) in [5.41, 5.74) is 0. The molecule has 0 spiro atoms. The number of hydrogen-bond acceptors (Lipinski definition) is 3. The molecule has 3 rings (SSSR count). The van der Waals surface area contributed by atoms with Gasteiger partial charge in [0.2, 0.25) is 0 Å². The summed E-state index contributed by atoms with van der Waals surface area (Å²) in [5.74, 6) is 0.888. The molecule has 0 radical (unpaired) electrons.